The van der Waals surface area contributed by atoms with Crippen molar-refractivity contribution in [2.45, 2.75) is 4.90 Å². The van der Waals surface area contributed by atoms with Crippen LogP contribution in [0.5, 0.6) is 0 Å². The predicted molar refractivity (Wildman–Crippen MR) is 95.8 cm³/mol. The van der Waals surface area contributed by atoms with Crippen molar-refractivity contribution >= 4 is 39.0 Å². The van der Waals surface area contributed by atoms with Crippen LogP contribution >= 0.6 is 11.8 Å². The first-order valence-corrected chi connectivity index (χ1v) is 9.86. The van der Waals surface area contributed by atoms with Crippen molar-refractivity contribution in [1.82, 2.24) is 19.5 Å². The highest BCUT2D eigenvalue weighted by Gasteiger charge is 2.25. The summed E-state index contributed by atoms with van der Waals surface area (Å²) in [6.07, 6.45) is 1.06. The molecule has 1 N–H and O–H groups in total. The van der Waals surface area contributed by atoms with Gasteiger partial charge in [-0.1, -0.05) is 0 Å². The maximum Gasteiger partial charge on any atom is 0.328 e. The molecule has 1 saturated heterocycles. The summed E-state index contributed by atoms with van der Waals surface area (Å²) in [6.45, 7) is 0. The van der Waals surface area contributed by atoms with Crippen LogP contribution in [0, 0.1) is 6.08 Å². The molecule has 1 aromatic carbocycles. The van der Waals surface area contributed by atoms with E-state index in [2.05, 4.69) is 15.4 Å². The first-order chi connectivity index (χ1) is 13.3. The van der Waals surface area contributed by atoms with Crippen LogP contribution < -0.4 is 5.32 Å². The monoisotopic (exact) mass is 420 g/mol. The highest BCUT2D eigenvalue weighted by atomic mass is 32.2. The molecule has 28 heavy (non-hydrogen) atoms. The number of hydrogen-bond acceptors (Lipinski definition) is 8. The molecule has 4 rings (SSSR count). The third kappa shape index (κ3) is 3.34. The molecule has 0 bridgehead atoms. The van der Waals surface area contributed by atoms with Gasteiger partial charge in [-0.25, -0.2) is 0 Å². The van der Waals surface area contributed by atoms with Crippen LogP contribution in [0.25, 0.3) is 17.4 Å². The smallest absolute Gasteiger partial charge is 0.328 e. The molecule has 0 saturated carbocycles. The molecule has 3 aromatic rings. The average molecular weight is 420 g/mol. The van der Waals surface area contributed by atoms with Gasteiger partial charge in [-0.3, -0.25) is 14.9 Å². The molecule has 0 radical (unpaired) electrons. The molecule has 0 unspecified atom stereocenters. The maximum atomic E-state index is 12.9. The fraction of sp³-hybridized carbons (Fsp3) is 0. The highest BCUT2D eigenvalue weighted by Crippen LogP contribution is 2.29. The second-order valence-corrected chi connectivity index (χ2v) is 8.28. The molecule has 2 amide bonds. The number of nitrogens with one attached hydrogen (secondary N) is 1. The Hall–Kier alpha value is -3.25. The molecule has 1 fully saturated rings. The molecule has 0 aliphatic carbocycles. The maximum absolute atomic E-state index is 12.9. The zero-order chi connectivity index (χ0) is 19.9. The Balaban J connectivity index is 1.58. The summed E-state index contributed by atoms with van der Waals surface area (Å²) in [6, 6.07) is 8.92. The minimum Gasteiger partial charge on any atom is -0.457 e. The number of carbonyl (C=O) groups excluding carboxylic acids is 2. The number of thioether (sulfide) groups is 1. The number of carbonyl (C=O) groups is 2. The summed E-state index contributed by atoms with van der Waals surface area (Å²) in [7, 11) is -4.06. The summed E-state index contributed by atoms with van der Waals surface area (Å²) >= 11 is 0.773. The lowest BCUT2D eigenvalue weighted by Crippen LogP contribution is -2.17. The van der Waals surface area contributed by atoms with Crippen LogP contribution in [0.15, 0.2) is 56.9 Å². The molecule has 1 aliphatic heterocycles. The Morgan fingerprint density at radius 1 is 1.14 bits per heavy atom. The first kappa shape index (κ1) is 18.1. The summed E-state index contributed by atoms with van der Waals surface area (Å²) in [5.74, 6) is 0.293. The van der Waals surface area contributed by atoms with Gasteiger partial charge in [0.25, 0.3) is 21.2 Å². The van der Waals surface area contributed by atoms with Gasteiger partial charge in [0.1, 0.15) is 17.8 Å². The topological polar surface area (TPSA) is 124 Å². The van der Waals surface area contributed by atoms with Crippen molar-refractivity contribution in [3.05, 3.63) is 59.5 Å². The van der Waals surface area contributed by atoms with Crippen LogP contribution in [0.1, 0.15) is 5.76 Å². The third-order valence-corrected chi connectivity index (χ3v) is 6.02. The van der Waals surface area contributed by atoms with E-state index < -0.39 is 27.2 Å². The van der Waals surface area contributed by atoms with E-state index in [1.165, 1.54) is 30.3 Å². The minimum absolute atomic E-state index is 0.104. The number of imide groups is 1. The first-order valence-electron chi connectivity index (χ1n) is 7.61. The number of rotatable bonds is 4. The Bertz CT molecular complexity index is 1230. The number of aromatic nitrogens is 3. The van der Waals surface area contributed by atoms with Crippen LogP contribution in [0.2, 0.25) is 0 Å². The number of hydrogen-bond donors (Lipinski definition) is 1. The lowest BCUT2D eigenvalue weighted by Gasteiger charge is -2.04. The Morgan fingerprint density at radius 3 is 2.50 bits per heavy atom. The molecule has 3 heterocycles. The van der Waals surface area contributed by atoms with Crippen molar-refractivity contribution in [3.63, 3.8) is 0 Å². The van der Waals surface area contributed by atoms with Gasteiger partial charge in [-0.05, 0) is 48.2 Å². The lowest BCUT2D eigenvalue weighted by molar-refractivity contribution is -0.115. The van der Waals surface area contributed by atoms with E-state index in [0.29, 0.717) is 21.2 Å². The van der Waals surface area contributed by atoms with E-state index in [1.54, 1.807) is 12.1 Å². The zero-order valence-electron chi connectivity index (χ0n) is 13.7. The lowest BCUT2D eigenvalue weighted by atomic mass is 10.2. The Labute approximate surface area is 161 Å². The van der Waals surface area contributed by atoms with E-state index >= 15 is 0 Å². The number of benzene rings is 1. The molecule has 1 aliphatic rings. The van der Waals surface area contributed by atoms with Crippen molar-refractivity contribution in [2.24, 2.45) is 0 Å². The van der Waals surface area contributed by atoms with E-state index in [0.717, 1.165) is 18.1 Å². The van der Waals surface area contributed by atoms with Gasteiger partial charge in [0.05, 0.1) is 9.80 Å². The number of amides is 2. The van der Waals surface area contributed by atoms with Gasteiger partial charge in [0.15, 0.2) is 0 Å². The number of furan rings is 1. The molecule has 0 atom stereocenters. The molecular weight excluding hydrogens is 411 g/mol. The molecule has 12 heteroatoms. The van der Waals surface area contributed by atoms with Gasteiger partial charge in [0.2, 0.25) is 0 Å². The SMILES string of the molecule is O=C1NC(=O)/C(=C/c2ccc(-c3ccc(S(=O)(=O)n4cnc(F)n4)cc3)o2)S1. The van der Waals surface area contributed by atoms with Crippen molar-refractivity contribution < 1.29 is 26.8 Å². The van der Waals surface area contributed by atoms with Crippen LogP contribution in [0.4, 0.5) is 9.18 Å². The zero-order valence-corrected chi connectivity index (χ0v) is 15.3. The van der Waals surface area contributed by atoms with Crippen molar-refractivity contribution in [3.8, 4) is 11.3 Å². The van der Waals surface area contributed by atoms with Crippen LogP contribution in [-0.4, -0.2) is 33.7 Å². The molecule has 2 aromatic heterocycles. The number of nitrogens with zero attached hydrogens (tertiary/aromatic N) is 3. The summed E-state index contributed by atoms with van der Waals surface area (Å²) in [5.41, 5.74) is 0.577. The summed E-state index contributed by atoms with van der Waals surface area (Å²) in [4.78, 5) is 26.0. The van der Waals surface area contributed by atoms with Gasteiger partial charge < -0.3 is 4.42 Å². The highest BCUT2D eigenvalue weighted by molar-refractivity contribution is 8.18. The summed E-state index contributed by atoms with van der Waals surface area (Å²) in [5, 5.41) is 4.86. The van der Waals surface area contributed by atoms with Crippen molar-refractivity contribution in [1.29, 1.82) is 0 Å². The fourth-order valence-electron chi connectivity index (χ4n) is 2.38. The Morgan fingerprint density at radius 2 is 1.89 bits per heavy atom. The van der Waals surface area contributed by atoms with Crippen molar-refractivity contribution in [2.75, 3.05) is 0 Å². The summed E-state index contributed by atoms with van der Waals surface area (Å²) < 4.78 is 43.6. The van der Waals surface area contributed by atoms with Gasteiger partial charge in [-0.15, -0.1) is 9.19 Å². The van der Waals surface area contributed by atoms with Crippen LogP contribution in [-0.2, 0) is 14.8 Å². The van der Waals surface area contributed by atoms with Gasteiger partial charge in [-0.2, -0.15) is 17.8 Å². The van der Waals surface area contributed by atoms with Gasteiger partial charge >= 0.3 is 6.08 Å². The van der Waals surface area contributed by atoms with E-state index in [4.69, 9.17) is 4.42 Å². The molecule has 0 spiro atoms. The average Bonchev–Trinajstić information content (AvgIpc) is 3.37. The predicted octanol–water partition coefficient (Wildman–Crippen LogP) is 2.24. The van der Waals surface area contributed by atoms with Gasteiger partial charge in [0, 0.05) is 11.6 Å². The molecule has 9 nitrogen and oxygen atoms in total. The third-order valence-electron chi connectivity index (χ3n) is 3.67. The van der Waals surface area contributed by atoms with E-state index in [-0.39, 0.29) is 9.80 Å². The van der Waals surface area contributed by atoms with E-state index in [1.807, 2.05) is 0 Å². The number of halogens is 1. The standard InChI is InChI=1S/C16H9FN4O5S2/c17-15-18-8-21(20-15)28(24,25)11-4-1-9(2-5-11)12-6-3-10(26-12)7-13-14(22)19-16(23)27-13/h1-8H,(H,19,22,23)/b13-7-. The molecular formula is C16H9FN4O5S2. The minimum atomic E-state index is -4.06. The van der Waals surface area contributed by atoms with E-state index in [9.17, 15) is 22.4 Å². The van der Waals surface area contributed by atoms with Crippen LogP contribution in [0.3, 0.4) is 0 Å². The second kappa shape index (κ2) is 6.73. The largest absolute Gasteiger partial charge is 0.457 e. The second-order valence-electron chi connectivity index (χ2n) is 5.47. The molecule has 142 valence electrons. The Kier molecular flexibility index (Phi) is 4.35. The fourth-order valence-corrected chi connectivity index (χ4v) is 4.09. The normalized spacial score (nSPS) is 16.0. The quantitative estimate of drug-likeness (QED) is 0.637.